The van der Waals surface area contributed by atoms with E-state index in [9.17, 15) is 34.2 Å². The highest BCUT2D eigenvalue weighted by Gasteiger charge is 2.43. The number of benzene rings is 4. The molecule has 53 heteroatoms. The van der Waals surface area contributed by atoms with Crippen molar-refractivity contribution < 1.29 is 91.7 Å². The number of fused-ring (bicyclic) bond motifs is 2. The van der Waals surface area contributed by atoms with Gasteiger partial charge in [0.2, 0.25) is 70.9 Å². The van der Waals surface area contributed by atoms with E-state index < -0.39 is 246 Å². The van der Waals surface area contributed by atoms with Crippen LogP contribution in [0.15, 0.2) is 91.0 Å². The molecule has 148 heavy (non-hydrogen) atoms. The molecule has 0 radical (unpaired) electrons. The first kappa shape index (κ1) is 122. The van der Waals surface area contributed by atoms with E-state index in [0.29, 0.717) is 22.9 Å². The predicted octanol–water partition coefficient (Wildman–Crippen LogP) is -3.91. The number of primary amides is 3. The molecule has 0 bridgehead atoms. The summed E-state index contributed by atoms with van der Waals surface area (Å²) in [5.74, 6) is -21.8. The Balaban J connectivity index is 1.64. The van der Waals surface area contributed by atoms with Crippen molar-refractivity contribution >= 4 is 162 Å². The van der Waals surface area contributed by atoms with Gasteiger partial charge in [0.25, 0.3) is 0 Å². The van der Waals surface area contributed by atoms with E-state index in [4.69, 9.17) is 78.6 Å². The lowest BCUT2D eigenvalue weighted by atomic mass is 9.90. The highest BCUT2D eigenvalue weighted by Crippen LogP contribution is 2.31. The van der Waals surface area contributed by atoms with Gasteiger partial charge in [0.15, 0.2) is 47.1 Å². The number of ketones is 3. The van der Waals surface area contributed by atoms with E-state index in [2.05, 4.69) is 90.4 Å². The van der Waals surface area contributed by atoms with Gasteiger partial charge in [-0.2, -0.15) is 0 Å². The van der Waals surface area contributed by atoms with E-state index in [-0.39, 0.29) is 210 Å². The summed E-state index contributed by atoms with van der Waals surface area (Å²) in [5.41, 5.74) is 52.1. The van der Waals surface area contributed by atoms with Crippen LogP contribution in [-0.2, 0) is 91.2 Å². The molecule has 2 heterocycles. The van der Waals surface area contributed by atoms with Crippen molar-refractivity contribution in [3.8, 4) is 11.5 Å². The molecule has 42 N–H and O–H groups in total. The van der Waals surface area contributed by atoms with Gasteiger partial charge < -0.3 is 157 Å². The molecule has 812 valence electrons. The molecule has 2 aliphatic rings. The fourth-order valence-electron chi connectivity index (χ4n) is 16.7. The van der Waals surface area contributed by atoms with Crippen LogP contribution >= 0.6 is 21.6 Å². The fourth-order valence-corrected chi connectivity index (χ4v) is 19.2. The molecule has 0 spiro atoms. The normalized spacial score (nSPS) is 19.9. The van der Waals surface area contributed by atoms with Crippen molar-refractivity contribution in [1.29, 1.82) is 27.0 Å². The number of nitrogens with zero attached hydrogens (tertiary/aromatic N) is 1. The number of phenols is 2. The molecule has 4 aromatic rings. The summed E-state index contributed by atoms with van der Waals surface area (Å²) in [6.07, 6.45) is -3.91. The van der Waals surface area contributed by atoms with E-state index in [0.717, 1.165) is 27.0 Å². The monoisotopic (exact) mass is 2100 g/mol. The van der Waals surface area contributed by atoms with Crippen LogP contribution in [0.5, 0.6) is 11.5 Å². The quantitative estimate of drug-likeness (QED) is 0.00869. The van der Waals surface area contributed by atoms with Gasteiger partial charge in [0, 0.05) is 115 Å². The first-order chi connectivity index (χ1) is 70.5. The average molecular weight is 2100 g/mol. The van der Waals surface area contributed by atoms with Crippen molar-refractivity contribution in [2.45, 2.75) is 234 Å². The number of carbonyl (C=O) groups excluding carboxylic acids is 17. The molecular weight excluding hydrogens is 1960 g/mol. The Morgan fingerprint density at radius 3 is 1.39 bits per heavy atom. The number of hydrogen-bond acceptors (Lipinski definition) is 27. The number of guanidine groups is 5. The van der Waals surface area contributed by atoms with Gasteiger partial charge in [-0.15, -0.1) is 0 Å². The van der Waals surface area contributed by atoms with Gasteiger partial charge in [-0.1, -0.05) is 88.3 Å². The van der Waals surface area contributed by atoms with Gasteiger partial charge in [0.05, 0.1) is 24.0 Å². The lowest BCUT2D eigenvalue weighted by Gasteiger charge is -2.31. The molecule has 14 atom stereocenters. The Bertz CT molecular complexity index is 5220. The number of amides is 16. The van der Waals surface area contributed by atoms with Crippen LogP contribution in [0.3, 0.4) is 0 Å². The Labute approximate surface area is 864 Å². The summed E-state index contributed by atoms with van der Waals surface area (Å²) in [7, 11) is 1.62. The van der Waals surface area contributed by atoms with E-state index in [1.807, 2.05) is 6.07 Å². The van der Waals surface area contributed by atoms with Gasteiger partial charge in [0.1, 0.15) is 59.8 Å². The summed E-state index contributed by atoms with van der Waals surface area (Å²) < 4.78 is 0. The SMILES string of the molecule is CC(=O)N[C@@H](CCCNC(=N)N)C(=O)C[C@@H](CCCNC(=N)N)C(=O)N[C@@H](Cc1ccc2ccccc2c1)C(=O)C[C@H]1CSSC[C@@H](C(=O)N[C@@H](CCCNC(=N)N)C(N)=O)NC(=O)[C@H](CCCNC(N)=O)CC(=O)[C@H](CCCNC(=N)N)NC(=O)[C@H](Cc2ccc(O)cc2)NC(=O)[C@@H]2CCCN2C(=O)[C@@H](CCCCN)NC(=O)[C@H](CCCNC(=N)N)NC(=O)[C@H](CCCNC(N)=O)NC(=O)[C@H](Cc2ccc(O)cc2)NC1=O. The van der Waals surface area contributed by atoms with Crippen molar-refractivity contribution in [2.24, 2.45) is 69.4 Å². The van der Waals surface area contributed by atoms with Gasteiger partial charge >= 0.3 is 12.1 Å². The second-order valence-electron chi connectivity index (χ2n) is 36.3. The number of hydrogen-bond donors (Lipinski definition) is 33. The maximum atomic E-state index is 16.2. The van der Waals surface area contributed by atoms with Crippen LogP contribution in [0.25, 0.3) is 10.8 Å². The van der Waals surface area contributed by atoms with Crippen molar-refractivity contribution in [3.63, 3.8) is 0 Å². The first-order valence-electron chi connectivity index (χ1n) is 49.1. The Morgan fingerprint density at radius 1 is 0.432 bits per heavy atom. The van der Waals surface area contributed by atoms with E-state index in [1.54, 1.807) is 36.4 Å². The number of nitrogens with two attached hydrogens (primary N) is 9. The molecule has 2 aliphatic heterocycles. The number of unbranched alkanes of at least 4 members (excludes halogenated alkanes) is 1. The predicted molar refractivity (Wildman–Crippen MR) is 557 cm³/mol. The Morgan fingerprint density at radius 2 is 0.872 bits per heavy atom. The van der Waals surface area contributed by atoms with Gasteiger partial charge in [-0.05, 0) is 187 Å². The molecule has 16 amide bonds. The minimum atomic E-state index is -1.81. The zero-order chi connectivity index (χ0) is 109. The number of aromatic hydroxyl groups is 2. The van der Waals surface area contributed by atoms with Crippen molar-refractivity contribution in [1.82, 2.24) is 95.3 Å². The molecule has 2 saturated heterocycles. The summed E-state index contributed by atoms with van der Waals surface area (Å²) in [6.45, 7) is 0.871. The van der Waals surface area contributed by atoms with Crippen LogP contribution < -0.4 is 142 Å². The largest absolute Gasteiger partial charge is 0.508 e. The second kappa shape index (κ2) is 64.7. The maximum absolute atomic E-state index is 16.2. The number of phenolic OH excluding ortho intramolecular Hbond substituents is 2. The standard InChI is InChI=1S/C95H146N32O19S2/c1-53(128)117-64(19-8-37-111-90(100)101)75(131)48-59(16-6-36-110-89(98)99)79(135)123-70(47-56-25-30-57-14-2-3-15-58(57)44-56)77(133)50-61-51-147-148-52-73(86(142)119-66(78(97)134)21-10-39-113-92(104)105)126-80(136)60(17-7-41-115-94(108)145)49-76(132)65(20-9-38-112-91(102)103)118-84(140)72(46-55-28-33-63(130)34-29-55)125-87(143)74-24-13-43-127(74)88(144)69(18-4-5-35-96)122-83(139)68(22-11-40-114-93(106)107)120-82(138)67(23-12-42-116-95(109)146)121-85(141)71(124-81(61)137)45-54-26-31-62(129)32-27-54/h2-3,14-15,25-34,44,59-61,64-74,129-130H,4-13,16-24,35-43,45-52,96H2,1H3,(H2,97,134)(H,117,128)(H,118,140)(H,119,142)(H,120,138)(H,121,141)(H,122,139)(H,123,135)(H,124,137)(H,125,143)(H,126,136)(H4,98,99,110)(H4,100,101,111)(H4,102,103,112)(H4,104,105,113)(H4,106,107,114)(H3,108,115,145)(H3,109,116,146)/t59-,60-,61+,64+,65+,66+,67+,68+,69-,70+,71+,72+,73+,74+/m1/s1. The molecule has 0 saturated carbocycles. The zero-order valence-electron chi connectivity index (χ0n) is 83.0. The van der Waals surface area contributed by atoms with Crippen LogP contribution in [0.4, 0.5) is 9.59 Å². The summed E-state index contributed by atoms with van der Waals surface area (Å²) in [6, 6.07) is 4.16. The van der Waals surface area contributed by atoms with Crippen LogP contribution in [0.1, 0.15) is 165 Å². The number of urea groups is 2. The number of Topliss-reactive ketones (excluding diaryl/α,β-unsaturated/α-hetero) is 3. The third-order valence-electron chi connectivity index (χ3n) is 24.4. The summed E-state index contributed by atoms with van der Waals surface area (Å²) >= 11 is 0. The van der Waals surface area contributed by atoms with Crippen LogP contribution in [-0.4, -0.2) is 282 Å². The number of nitrogens with one attached hydrogen (secondary N) is 22. The molecule has 0 unspecified atom stereocenters. The maximum Gasteiger partial charge on any atom is 0.312 e. The third kappa shape index (κ3) is 45.7. The average Bonchev–Trinajstić information content (AvgIpc) is 1.49. The highest BCUT2D eigenvalue weighted by atomic mass is 33.1. The first-order valence-corrected chi connectivity index (χ1v) is 51.6. The second-order valence-corrected chi connectivity index (χ2v) is 38.8. The smallest absolute Gasteiger partial charge is 0.312 e. The fraction of sp³-hybridized carbons (Fsp3) is 0.537. The summed E-state index contributed by atoms with van der Waals surface area (Å²) in [4.78, 5) is 253. The number of carbonyl (C=O) groups is 17. The van der Waals surface area contributed by atoms with Crippen LogP contribution in [0, 0.1) is 44.8 Å². The molecule has 51 nitrogen and oxygen atoms in total. The minimum absolute atomic E-state index is 0.00343. The highest BCUT2D eigenvalue weighted by molar-refractivity contribution is 8.76. The van der Waals surface area contributed by atoms with Crippen molar-refractivity contribution in [2.75, 3.05) is 70.4 Å². The minimum Gasteiger partial charge on any atom is -0.508 e. The van der Waals surface area contributed by atoms with E-state index in [1.165, 1.54) is 60.4 Å². The summed E-state index contributed by atoms with van der Waals surface area (Å²) in [5, 5.41) is 107. The topological polar surface area (TPSA) is 892 Å². The molecule has 2 fully saturated rings. The van der Waals surface area contributed by atoms with E-state index >= 15 is 57.5 Å². The lowest BCUT2D eigenvalue weighted by Crippen LogP contribution is -2.60. The zero-order valence-corrected chi connectivity index (χ0v) is 84.6. The Hall–Kier alpha value is -15.1. The number of rotatable bonds is 50. The molecule has 0 aromatic heterocycles. The van der Waals surface area contributed by atoms with Gasteiger partial charge in [-0.3, -0.25) is 99.0 Å². The third-order valence-corrected chi connectivity index (χ3v) is 26.9. The Kier molecular flexibility index (Phi) is 53.2. The molecule has 0 aliphatic carbocycles. The molecule has 4 aromatic carbocycles. The lowest BCUT2D eigenvalue weighted by molar-refractivity contribution is -0.142. The van der Waals surface area contributed by atoms with Gasteiger partial charge in [-0.25, -0.2) is 9.59 Å². The van der Waals surface area contributed by atoms with Crippen molar-refractivity contribution in [3.05, 3.63) is 108 Å². The molecular formula is C95H146N32O19S2. The van der Waals surface area contributed by atoms with Crippen LogP contribution in [0.2, 0.25) is 0 Å². The molecule has 6 rings (SSSR count).